The molecule has 1 aromatic heterocycles. The van der Waals surface area contributed by atoms with Crippen LogP contribution in [0.15, 0.2) is 48.8 Å². The molecule has 0 radical (unpaired) electrons. The Kier molecular flexibility index (Phi) is 3.50. The summed E-state index contributed by atoms with van der Waals surface area (Å²) in [6, 6.07) is 10.9. The van der Waals surface area contributed by atoms with Crippen LogP contribution in [0.3, 0.4) is 0 Å². The summed E-state index contributed by atoms with van der Waals surface area (Å²) >= 11 is 0. The molecule has 0 bridgehead atoms. The number of pyridine rings is 1. The van der Waals surface area contributed by atoms with Gasteiger partial charge in [-0.1, -0.05) is 12.1 Å². The molecule has 0 aliphatic carbocycles. The summed E-state index contributed by atoms with van der Waals surface area (Å²) < 4.78 is 5.17. The zero-order valence-electron chi connectivity index (χ0n) is 9.59. The molecule has 0 saturated heterocycles. The quantitative estimate of drug-likeness (QED) is 0.753. The average molecular weight is 227 g/mol. The van der Waals surface area contributed by atoms with Crippen LogP contribution in [0.4, 0.5) is 0 Å². The summed E-state index contributed by atoms with van der Waals surface area (Å²) in [6.45, 7) is 0. The van der Waals surface area contributed by atoms with Gasteiger partial charge in [-0.25, -0.2) is 0 Å². The first-order chi connectivity index (χ1) is 8.31. The highest BCUT2D eigenvalue weighted by Crippen LogP contribution is 2.19. The number of Topliss-reactive ketones (excluding diaryl/α,β-unsaturated/α-hetero) is 1. The Balaban J connectivity index is 2.20. The lowest BCUT2D eigenvalue weighted by Crippen LogP contribution is -2.05. The third-order valence-electron chi connectivity index (χ3n) is 2.52. The third-order valence-corrected chi connectivity index (χ3v) is 2.52. The van der Waals surface area contributed by atoms with Gasteiger partial charge in [-0.05, 0) is 29.8 Å². The largest absolute Gasteiger partial charge is 0.496 e. The first kappa shape index (κ1) is 11.3. The van der Waals surface area contributed by atoms with E-state index >= 15 is 0 Å². The van der Waals surface area contributed by atoms with Crippen molar-refractivity contribution in [2.24, 2.45) is 0 Å². The van der Waals surface area contributed by atoms with Crippen molar-refractivity contribution in [3.63, 3.8) is 0 Å². The van der Waals surface area contributed by atoms with Gasteiger partial charge in [-0.2, -0.15) is 0 Å². The zero-order valence-corrected chi connectivity index (χ0v) is 9.59. The minimum absolute atomic E-state index is 0.0497. The van der Waals surface area contributed by atoms with Crippen LogP contribution >= 0.6 is 0 Å². The van der Waals surface area contributed by atoms with E-state index in [1.165, 1.54) is 0 Å². The first-order valence-corrected chi connectivity index (χ1v) is 5.36. The second kappa shape index (κ2) is 5.25. The van der Waals surface area contributed by atoms with Gasteiger partial charge in [-0.3, -0.25) is 9.78 Å². The number of aromatic nitrogens is 1. The van der Waals surface area contributed by atoms with Crippen molar-refractivity contribution in [2.45, 2.75) is 6.42 Å². The van der Waals surface area contributed by atoms with E-state index in [-0.39, 0.29) is 5.78 Å². The number of carbonyl (C=O) groups excluding carboxylic acids is 1. The fourth-order valence-corrected chi connectivity index (χ4v) is 1.66. The number of ketones is 1. The summed E-state index contributed by atoms with van der Waals surface area (Å²) in [5.41, 5.74) is 1.57. The summed E-state index contributed by atoms with van der Waals surface area (Å²) in [5, 5.41) is 0. The molecule has 0 aliphatic rings. The molecule has 86 valence electrons. The predicted octanol–water partition coefficient (Wildman–Crippen LogP) is 2.52. The zero-order chi connectivity index (χ0) is 12.1. The van der Waals surface area contributed by atoms with E-state index in [0.717, 1.165) is 5.56 Å². The van der Waals surface area contributed by atoms with Gasteiger partial charge in [0, 0.05) is 18.8 Å². The van der Waals surface area contributed by atoms with E-state index in [1.54, 1.807) is 31.6 Å². The molecule has 2 aromatic rings. The fourth-order valence-electron chi connectivity index (χ4n) is 1.66. The van der Waals surface area contributed by atoms with Gasteiger partial charge in [0.2, 0.25) is 0 Å². The Hall–Kier alpha value is -2.16. The monoisotopic (exact) mass is 227 g/mol. The van der Waals surface area contributed by atoms with Crippen LogP contribution in [0.2, 0.25) is 0 Å². The molecule has 0 N–H and O–H groups in total. The van der Waals surface area contributed by atoms with Gasteiger partial charge >= 0.3 is 0 Å². The third kappa shape index (κ3) is 2.69. The van der Waals surface area contributed by atoms with Crippen molar-refractivity contribution in [1.29, 1.82) is 0 Å². The van der Waals surface area contributed by atoms with Crippen molar-refractivity contribution in [2.75, 3.05) is 7.11 Å². The van der Waals surface area contributed by atoms with E-state index in [1.807, 2.05) is 24.3 Å². The maximum atomic E-state index is 12.1. The average Bonchev–Trinajstić information content (AvgIpc) is 2.40. The van der Waals surface area contributed by atoms with E-state index < -0.39 is 0 Å². The Labute approximate surface area is 100 Å². The lowest BCUT2D eigenvalue weighted by atomic mass is 10.0. The number of nitrogens with zero attached hydrogens (tertiary/aromatic N) is 1. The second-order valence-electron chi connectivity index (χ2n) is 3.66. The highest BCUT2D eigenvalue weighted by atomic mass is 16.5. The highest BCUT2D eigenvalue weighted by Gasteiger charge is 2.11. The molecule has 0 fully saturated rings. The molecular weight excluding hydrogens is 214 g/mol. The number of hydrogen-bond acceptors (Lipinski definition) is 3. The Morgan fingerprint density at radius 2 is 1.88 bits per heavy atom. The lowest BCUT2D eigenvalue weighted by Gasteiger charge is -2.06. The molecule has 17 heavy (non-hydrogen) atoms. The maximum Gasteiger partial charge on any atom is 0.170 e. The van der Waals surface area contributed by atoms with Crippen LogP contribution in [-0.4, -0.2) is 17.9 Å². The first-order valence-electron chi connectivity index (χ1n) is 5.36. The maximum absolute atomic E-state index is 12.1. The van der Waals surface area contributed by atoms with E-state index in [0.29, 0.717) is 17.7 Å². The Bertz CT molecular complexity index is 509. The standard InChI is InChI=1S/C14H13NO2/c1-17-14-5-3-2-4-12(14)13(16)10-11-6-8-15-9-7-11/h2-9H,10H2,1H3. The van der Waals surface area contributed by atoms with Crippen molar-refractivity contribution in [3.05, 3.63) is 59.9 Å². The molecular formula is C14H13NO2. The van der Waals surface area contributed by atoms with Crippen LogP contribution < -0.4 is 4.74 Å². The summed E-state index contributed by atoms with van der Waals surface area (Å²) in [7, 11) is 1.57. The fraction of sp³-hybridized carbons (Fsp3) is 0.143. The number of ether oxygens (including phenoxy) is 1. The molecule has 1 aromatic carbocycles. The summed E-state index contributed by atoms with van der Waals surface area (Å²) in [5.74, 6) is 0.667. The SMILES string of the molecule is COc1ccccc1C(=O)Cc1ccncc1. The molecule has 1 heterocycles. The molecule has 3 heteroatoms. The molecule has 0 atom stereocenters. The van der Waals surface area contributed by atoms with Crippen LogP contribution in [0.5, 0.6) is 5.75 Å². The lowest BCUT2D eigenvalue weighted by molar-refractivity contribution is 0.0990. The Morgan fingerprint density at radius 1 is 1.18 bits per heavy atom. The van der Waals surface area contributed by atoms with Gasteiger partial charge in [0.1, 0.15) is 5.75 Å². The van der Waals surface area contributed by atoms with E-state index in [2.05, 4.69) is 4.98 Å². The van der Waals surface area contributed by atoms with Crippen molar-refractivity contribution >= 4 is 5.78 Å². The molecule has 0 spiro atoms. The number of benzene rings is 1. The molecule has 0 amide bonds. The van der Waals surface area contributed by atoms with Gasteiger partial charge < -0.3 is 4.74 Å². The highest BCUT2D eigenvalue weighted by molar-refractivity contribution is 5.99. The number of methoxy groups -OCH3 is 1. The summed E-state index contributed by atoms with van der Waals surface area (Å²) in [6.07, 6.45) is 3.73. The van der Waals surface area contributed by atoms with Crippen molar-refractivity contribution < 1.29 is 9.53 Å². The van der Waals surface area contributed by atoms with Gasteiger partial charge in [0.25, 0.3) is 0 Å². The minimum atomic E-state index is 0.0497. The number of rotatable bonds is 4. The van der Waals surface area contributed by atoms with Crippen LogP contribution in [-0.2, 0) is 6.42 Å². The topological polar surface area (TPSA) is 39.2 Å². The van der Waals surface area contributed by atoms with Crippen molar-refractivity contribution in [3.8, 4) is 5.75 Å². The van der Waals surface area contributed by atoms with E-state index in [9.17, 15) is 4.79 Å². The normalized spacial score (nSPS) is 9.94. The minimum Gasteiger partial charge on any atom is -0.496 e. The number of hydrogen-bond donors (Lipinski definition) is 0. The smallest absolute Gasteiger partial charge is 0.170 e. The molecule has 0 unspecified atom stereocenters. The number of carbonyl (C=O) groups is 1. The van der Waals surface area contributed by atoms with Crippen molar-refractivity contribution in [1.82, 2.24) is 4.98 Å². The van der Waals surface area contributed by atoms with Gasteiger partial charge in [0.15, 0.2) is 5.78 Å². The second-order valence-corrected chi connectivity index (χ2v) is 3.66. The Morgan fingerprint density at radius 3 is 2.59 bits per heavy atom. The molecule has 0 saturated carbocycles. The number of para-hydroxylation sites is 1. The van der Waals surface area contributed by atoms with Gasteiger partial charge in [-0.15, -0.1) is 0 Å². The van der Waals surface area contributed by atoms with Gasteiger partial charge in [0.05, 0.1) is 12.7 Å². The molecule has 3 nitrogen and oxygen atoms in total. The summed E-state index contributed by atoms with van der Waals surface area (Å²) in [4.78, 5) is 16.0. The van der Waals surface area contributed by atoms with E-state index in [4.69, 9.17) is 4.74 Å². The van der Waals surface area contributed by atoms with Crippen LogP contribution in [0.1, 0.15) is 15.9 Å². The van der Waals surface area contributed by atoms with Crippen LogP contribution in [0.25, 0.3) is 0 Å². The molecule has 2 rings (SSSR count). The van der Waals surface area contributed by atoms with Crippen LogP contribution in [0, 0.1) is 0 Å². The molecule has 0 aliphatic heterocycles. The predicted molar refractivity (Wildman–Crippen MR) is 65.3 cm³/mol.